The third-order valence-electron chi connectivity index (χ3n) is 11.1. The summed E-state index contributed by atoms with van der Waals surface area (Å²) in [7, 11) is 3.12. The number of esters is 2. The predicted octanol–water partition coefficient (Wildman–Crippen LogP) is 3.46. The third-order valence-corrected chi connectivity index (χ3v) is 11.1. The highest BCUT2D eigenvalue weighted by Gasteiger charge is 2.77. The molecule has 0 amide bonds. The fourth-order valence-corrected chi connectivity index (χ4v) is 8.65. The number of hydrogen-bond acceptors (Lipinski definition) is 9. The van der Waals surface area contributed by atoms with Crippen molar-refractivity contribution < 1.29 is 43.5 Å². The van der Waals surface area contributed by atoms with Crippen LogP contribution in [0, 0.1) is 22.7 Å². The van der Waals surface area contributed by atoms with E-state index in [2.05, 4.69) is 0 Å². The van der Waals surface area contributed by atoms with Gasteiger partial charge in [-0.15, -0.1) is 0 Å². The summed E-state index contributed by atoms with van der Waals surface area (Å²) in [6.07, 6.45) is -3.52. The van der Waals surface area contributed by atoms with Gasteiger partial charge in [-0.3, -0.25) is 4.79 Å². The largest absolute Gasteiger partial charge is 0.455 e. The molecular formula is C32H44O9. The average molecular weight is 573 g/mol. The molecule has 1 aromatic carbocycles. The van der Waals surface area contributed by atoms with Crippen molar-refractivity contribution in [3.8, 4) is 0 Å². The molecule has 1 aliphatic heterocycles. The van der Waals surface area contributed by atoms with Gasteiger partial charge in [-0.05, 0) is 42.5 Å². The predicted molar refractivity (Wildman–Crippen MR) is 149 cm³/mol. The van der Waals surface area contributed by atoms with Crippen LogP contribution in [0.1, 0.15) is 64.7 Å². The molecule has 41 heavy (non-hydrogen) atoms. The maximum absolute atomic E-state index is 13.8. The van der Waals surface area contributed by atoms with Crippen molar-refractivity contribution in [1.82, 2.24) is 0 Å². The van der Waals surface area contributed by atoms with Gasteiger partial charge in [0, 0.05) is 38.4 Å². The summed E-state index contributed by atoms with van der Waals surface area (Å²) in [5.74, 6) is -2.15. The number of aliphatic hydroxyl groups excluding tert-OH is 1. The molecule has 0 aromatic heterocycles. The van der Waals surface area contributed by atoms with Crippen LogP contribution in [0.4, 0.5) is 0 Å². The van der Waals surface area contributed by atoms with Gasteiger partial charge in [0.1, 0.15) is 23.9 Å². The van der Waals surface area contributed by atoms with Gasteiger partial charge < -0.3 is 33.9 Å². The molecule has 4 aliphatic rings. The van der Waals surface area contributed by atoms with Gasteiger partial charge in [-0.25, -0.2) is 4.79 Å². The number of aliphatic hydroxyl groups is 2. The fourth-order valence-electron chi connectivity index (χ4n) is 8.65. The number of hydrogen-bond donors (Lipinski definition) is 2. The summed E-state index contributed by atoms with van der Waals surface area (Å²) >= 11 is 0. The van der Waals surface area contributed by atoms with Crippen LogP contribution >= 0.6 is 0 Å². The molecule has 3 fully saturated rings. The molecule has 1 aromatic rings. The Morgan fingerprint density at radius 3 is 2.27 bits per heavy atom. The second-order valence-corrected chi connectivity index (χ2v) is 13.2. The van der Waals surface area contributed by atoms with Crippen LogP contribution in [-0.4, -0.2) is 84.7 Å². The molecule has 9 heteroatoms. The topological polar surface area (TPSA) is 121 Å². The van der Waals surface area contributed by atoms with Crippen molar-refractivity contribution in [2.45, 2.75) is 96.1 Å². The first-order valence-electron chi connectivity index (χ1n) is 14.4. The van der Waals surface area contributed by atoms with Gasteiger partial charge in [0.25, 0.3) is 0 Å². The number of rotatable bonds is 5. The first kappa shape index (κ1) is 30.2. The second-order valence-electron chi connectivity index (χ2n) is 13.2. The zero-order valence-electron chi connectivity index (χ0n) is 25.3. The van der Waals surface area contributed by atoms with E-state index in [1.807, 2.05) is 34.6 Å². The molecule has 2 N–H and O–H groups in total. The number of carbonyl (C=O) groups is 2. The van der Waals surface area contributed by atoms with Crippen molar-refractivity contribution in [1.29, 1.82) is 0 Å². The van der Waals surface area contributed by atoms with Gasteiger partial charge in [-0.1, -0.05) is 45.9 Å². The normalized spacial score (nSPS) is 43.0. The van der Waals surface area contributed by atoms with Crippen molar-refractivity contribution >= 4 is 11.9 Å². The van der Waals surface area contributed by atoms with Crippen LogP contribution < -0.4 is 0 Å². The monoisotopic (exact) mass is 572 g/mol. The Kier molecular flexibility index (Phi) is 7.47. The summed E-state index contributed by atoms with van der Waals surface area (Å²) in [6, 6.07) is 8.61. The molecule has 0 radical (unpaired) electrons. The molecule has 2 saturated carbocycles. The highest BCUT2D eigenvalue weighted by atomic mass is 16.6. The first-order valence-corrected chi connectivity index (χ1v) is 14.4. The summed E-state index contributed by atoms with van der Waals surface area (Å²) in [4.78, 5) is 26.5. The van der Waals surface area contributed by atoms with Crippen molar-refractivity contribution in [2.75, 3.05) is 20.8 Å². The van der Waals surface area contributed by atoms with E-state index in [0.717, 1.165) is 5.57 Å². The van der Waals surface area contributed by atoms with E-state index in [0.29, 0.717) is 17.6 Å². The molecular weight excluding hydrogens is 528 g/mol. The Bertz CT molecular complexity index is 1230. The van der Waals surface area contributed by atoms with Gasteiger partial charge in [0.15, 0.2) is 5.60 Å². The van der Waals surface area contributed by atoms with Crippen molar-refractivity contribution in [2.24, 2.45) is 22.7 Å². The smallest absolute Gasteiger partial charge is 0.338 e. The maximum atomic E-state index is 13.8. The Morgan fingerprint density at radius 2 is 1.73 bits per heavy atom. The molecule has 1 heterocycles. The minimum absolute atomic E-state index is 0.0555. The molecule has 7 unspecified atom stereocenters. The summed E-state index contributed by atoms with van der Waals surface area (Å²) in [6.45, 7) is 11.1. The minimum Gasteiger partial charge on any atom is -0.455 e. The standard InChI is InChI=1S/C32H44O9/c1-17-14-22-31(16-39-22,41-19(3)33)25-27(40-28(35)20-12-10-9-11-13-20)32(36)15-21(37-7)18(2)23(29(32,4)5)24(38-8)26(34)30(17,25)6/h9-13,17,21-22,24-27,34,36H,14-16H2,1-8H3/t17-,21?,22?,24?,25?,26?,27?,30+,31-,32?/m0/s1. The fraction of sp³-hybridized carbons (Fsp3) is 0.688. The minimum atomic E-state index is -1.71. The van der Waals surface area contributed by atoms with E-state index in [9.17, 15) is 19.8 Å². The van der Waals surface area contributed by atoms with E-state index < -0.39 is 70.4 Å². The SMILES string of the molecule is COC1CC2(O)C(OC(=O)c3ccccc3)C3[C@]4(OC(C)=O)COC4C[C@H](C)[C@@]3(C)C(O)C(OC)C(=C1C)C2(C)C. The Balaban J connectivity index is 1.83. The highest BCUT2D eigenvalue weighted by molar-refractivity contribution is 5.89. The Labute approximate surface area is 242 Å². The van der Waals surface area contributed by atoms with Gasteiger partial charge in [0.05, 0.1) is 30.3 Å². The number of benzene rings is 1. The lowest BCUT2D eigenvalue weighted by atomic mass is 9.43. The van der Waals surface area contributed by atoms with Crippen LogP contribution in [-0.2, 0) is 28.5 Å². The molecule has 1 saturated heterocycles. The van der Waals surface area contributed by atoms with Crippen LogP contribution in [0.25, 0.3) is 0 Å². The van der Waals surface area contributed by atoms with Gasteiger partial charge in [0.2, 0.25) is 0 Å². The Morgan fingerprint density at radius 1 is 1.07 bits per heavy atom. The molecule has 2 bridgehead atoms. The maximum Gasteiger partial charge on any atom is 0.338 e. The van der Waals surface area contributed by atoms with E-state index in [-0.39, 0.29) is 18.9 Å². The van der Waals surface area contributed by atoms with Crippen LogP contribution in [0.2, 0.25) is 0 Å². The van der Waals surface area contributed by atoms with Crippen molar-refractivity contribution in [3.63, 3.8) is 0 Å². The van der Waals surface area contributed by atoms with Crippen LogP contribution in [0.5, 0.6) is 0 Å². The lowest BCUT2D eigenvalue weighted by Crippen LogP contribution is -2.81. The summed E-state index contributed by atoms with van der Waals surface area (Å²) in [5.41, 5.74) is -3.12. The summed E-state index contributed by atoms with van der Waals surface area (Å²) < 4.78 is 30.6. The number of ether oxygens (including phenoxy) is 5. The lowest BCUT2D eigenvalue weighted by molar-refractivity contribution is -0.359. The van der Waals surface area contributed by atoms with E-state index in [1.54, 1.807) is 44.6 Å². The highest BCUT2D eigenvalue weighted by Crippen LogP contribution is 2.66. The molecule has 226 valence electrons. The molecule has 0 spiro atoms. The first-order chi connectivity index (χ1) is 19.2. The van der Waals surface area contributed by atoms with Crippen LogP contribution in [0.3, 0.4) is 0 Å². The number of carbonyl (C=O) groups excluding carboxylic acids is 2. The zero-order chi connectivity index (χ0) is 30.1. The summed E-state index contributed by atoms with van der Waals surface area (Å²) in [5, 5.41) is 25.6. The number of methoxy groups -OCH3 is 2. The second kappa shape index (κ2) is 10.2. The Hall–Kier alpha value is -2.30. The van der Waals surface area contributed by atoms with Gasteiger partial charge >= 0.3 is 11.9 Å². The molecule has 9 nitrogen and oxygen atoms in total. The number of fused-ring (bicyclic) bond motifs is 5. The quantitative estimate of drug-likeness (QED) is 0.404. The van der Waals surface area contributed by atoms with E-state index >= 15 is 0 Å². The van der Waals surface area contributed by atoms with Crippen LogP contribution in [0.15, 0.2) is 41.5 Å². The molecule has 10 atom stereocenters. The lowest BCUT2D eigenvalue weighted by Gasteiger charge is -2.69. The molecule has 3 aliphatic carbocycles. The van der Waals surface area contributed by atoms with Gasteiger partial charge in [-0.2, -0.15) is 0 Å². The van der Waals surface area contributed by atoms with E-state index in [1.165, 1.54) is 6.92 Å². The third kappa shape index (κ3) is 4.07. The van der Waals surface area contributed by atoms with Crippen molar-refractivity contribution in [3.05, 3.63) is 47.0 Å². The average Bonchev–Trinajstić information content (AvgIpc) is 2.92. The zero-order valence-corrected chi connectivity index (χ0v) is 25.3. The molecule has 5 rings (SSSR count). The van der Waals surface area contributed by atoms with E-state index in [4.69, 9.17) is 23.7 Å².